The van der Waals surface area contributed by atoms with Crippen LogP contribution in [-0.2, 0) is 5.41 Å². The zero-order valence-corrected chi connectivity index (χ0v) is 13.9. The van der Waals surface area contributed by atoms with Gasteiger partial charge in [0.2, 0.25) is 0 Å². The quantitative estimate of drug-likeness (QED) is 0.751. The first-order valence-electron chi connectivity index (χ1n) is 7.14. The summed E-state index contributed by atoms with van der Waals surface area (Å²) in [4.78, 5) is 14.5. The van der Waals surface area contributed by atoms with Crippen LogP contribution in [0.3, 0.4) is 0 Å². The van der Waals surface area contributed by atoms with Crippen molar-refractivity contribution >= 4 is 21.8 Å². The first kappa shape index (κ1) is 14.9. The van der Waals surface area contributed by atoms with E-state index in [1.165, 1.54) is 5.56 Å². The number of likely N-dealkylation sites (tertiary alicyclic amines) is 1. The Kier molecular flexibility index (Phi) is 3.80. The van der Waals surface area contributed by atoms with Gasteiger partial charge in [-0.3, -0.25) is 4.79 Å². The van der Waals surface area contributed by atoms with Crippen LogP contribution < -0.4 is 0 Å². The number of carbonyl (C=O) groups excluding carboxylic acids is 1. The third kappa shape index (κ3) is 2.67. The molecule has 1 saturated heterocycles. The molecule has 0 bridgehead atoms. The average molecular weight is 354 g/mol. The molecule has 0 N–H and O–H groups in total. The molecule has 1 amide bonds. The van der Waals surface area contributed by atoms with Crippen LogP contribution in [0.2, 0.25) is 0 Å². The monoisotopic (exact) mass is 353 g/mol. The van der Waals surface area contributed by atoms with E-state index in [0.29, 0.717) is 11.1 Å². The molecule has 2 nitrogen and oxygen atoms in total. The zero-order valence-electron chi connectivity index (χ0n) is 12.3. The number of benzene rings is 2. The summed E-state index contributed by atoms with van der Waals surface area (Å²) < 4.78 is 0.831. The van der Waals surface area contributed by atoms with Crippen molar-refractivity contribution in [2.75, 3.05) is 13.1 Å². The number of rotatable bonds is 2. The van der Waals surface area contributed by atoms with Crippen LogP contribution in [0.5, 0.6) is 0 Å². The number of hydrogen-bond acceptors (Lipinski definition) is 1. The smallest absolute Gasteiger partial charge is 0.253 e. The van der Waals surface area contributed by atoms with Crippen molar-refractivity contribution < 1.29 is 4.79 Å². The Morgan fingerprint density at radius 3 is 2.55 bits per heavy atom. The summed E-state index contributed by atoms with van der Waals surface area (Å²) in [6.07, 6.45) is 5.43. The fraction of sp³-hybridized carbons (Fsp3) is 0.211. The van der Waals surface area contributed by atoms with Gasteiger partial charge < -0.3 is 4.90 Å². The molecule has 0 spiro atoms. The van der Waals surface area contributed by atoms with E-state index >= 15 is 0 Å². The van der Waals surface area contributed by atoms with E-state index in [0.717, 1.165) is 17.6 Å². The van der Waals surface area contributed by atoms with E-state index in [1.807, 2.05) is 35.2 Å². The summed E-state index contributed by atoms with van der Waals surface area (Å²) in [6, 6.07) is 15.8. The van der Waals surface area contributed by atoms with Crippen LogP contribution in [-0.4, -0.2) is 23.9 Å². The van der Waals surface area contributed by atoms with Crippen molar-refractivity contribution in [2.45, 2.75) is 12.3 Å². The van der Waals surface area contributed by atoms with Crippen molar-refractivity contribution in [3.05, 3.63) is 69.7 Å². The lowest BCUT2D eigenvalue weighted by molar-refractivity contribution is 0.0433. The second-order valence-electron chi connectivity index (χ2n) is 5.96. The molecule has 0 aliphatic carbocycles. The number of halogens is 1. The lowest BCUT2D eigenvalue weighted by Crippen LogP contribution is -2.59. The van der Waals surface area contributed by atoms with E-state index in [2.05, 4.69) is 40.9 Å². The Morgan fingerprint density at radius 2 is 1.91 bits per heavy atom. The normalized spacial score (nSPS) is 15.8. The summed E-state index contributed by atoms with van der Waals surface area (Å²) in [6.45, 7) is 3.65. The van der Waals surface area contributed by atoms with Crippen LogP contribution in [0, 0.1) is 12.3 Å². The zero-order chi connectivity index (χ0) is 15.7. The van der Waals surface area contributed by atoms with Crippen molar-refractivity contribution in [3.8, 4) is 12.3 Å². The maximum absolute atomic E-state index is 12.6. The van der Waals surface area contributed by atoms with Gasteiger partial charge in [0, 0.05) is 34.1 Å². The lowest BCUT2D eigenvalue weighted by atomic mass is 9.75. The molecule has 2 aromatic rings. The average Bonchev–Trinajstić information content (AvgIpc) is 2.51. The Hall–Kier alpha value is -2.05. The molecule has 22 heavy (non-hydrogen) atoms. The maximum Gasteiger partial charge on any atom is 0.253 e. The Balaban J connectivity index is 1.77. The molecule has 1 aliphatic rings. The predicted octanol–water partition coefficient (Wildman–Crippen LogP) is 3.84. The summed E-state index contributed by atoms with van der Waals surface area (Å²) in [5, 5.41) is 0. The molecule has 0 aromatic heterocycles. The SMILES string of the molecule is C#Cc1cc(Br)cc(C(=O)N2CC(C)(c3ccccc3)C2)c1. The summed E-state index contributed by atoms with van der Waals surface area (Å²) in [7, 11) is 0. The molecular weight excluding hydrogens is 338 g/mol. The fourth-order valence-electron chi connectivity index (χ4n) is 2.94. The van der Waals surface area contributed by atoms with Crippen molar-refractivity contribution in [3.63, 3.8) is 0 Å². The fourth-order valence-corrected chi connectivity index (χ4v) is 3.44. The topological polar surface area (TPSA) is 20.3 Å². The van der Waals surface area contributed by atoms with E-state index < -0.39 is 0 Å². The molecule has 1 heterocycles. The van der Waals surface area contributed by atoms with Gasteiger partial charge in [0.1, 0.15) is 0 Å². The lowest BCUT2D eigenvalue weighted by Gasteiger charge is -2.48. The molecule has 110 valence electrons. The maximum atomic E-state index is 12.6. The van der Waals surface area contributed by atoms with Crippen molar-refractivity contribution in [1.29, 1.82) is 0 Å². The predicted molar refractivity (Wildman–Crippen MR) is 91.8 cm³/mol. The number of hydrogen-bond donors (Lipinski definition) is 0. The van der Waals surface area contributed by atoms with Crippen LogP contribution in [0.4, 0.5) is 0 Å². The number of carbonyl (C=O) groups is 1. The minimum atomic E-state index is 0.0335. The molecule has 2 aromatic carbocycles. The highest BCUT2D eigenvalue weighted by Gasteiger charge is 2.42. The molecule has 3 heteroatoms. The van der Waals surface area contributed by atoms with E-state index in [4.69, 9.17) is 6.42 Å². The van der Waals surface area contributed by atoms with Gasteiger partial charge in [-0.25, -0.2) is 0 Å². The summed E-state index contributed by atoms with van der Waals surface area (Å²) in [5.41, 5.74) is 2.66. The molecule has 0 radical (unpaired) electrons. The number of nitrogens with zero attached hydrogens (tertiary/aromatic N) is 1. The van der Waals surface area contributed by atoms with Crippen molar-refractivity contribution in [1.82, 2.24) is 4.90 Å². The number of terminal acetylenes is 1. The van der Waals surface area contributed by atoms with Crippen LogP contribution >= 0.6 is 15.9 Å². The highest BCUT2D eigenvalue weighted by Crippen LogP contribution is 2.35. The Labute approximate surface area is 139 Å². The van der Waals surface area contributed by atoms with Gasteiger partial charge in [0.05, 0.1) is 0 Å². The Bertz CT molecular complexity index is 755. The van der Waals surface area contributed by atoms with Gasteiger partial charge in [-0.05, 0) is 23.8 Å². The molecule has 1 aliphatic heterocycles. The van der Waals surface area contributed by atoms with Crippen LogP contribution in [0.25, 0.3) is 0 Å². The van der Waals surface area contributed by atoms with Crippen LogP contribution in [0.15, 0.2) is 53.0 Å². The molecule has 3 rings (SSSR count). The van der Waals surface area contributed by atoms with E-state index in [-0.39, 0.29) is 11.3 Å². The van der Waals surface area contributed by atoms with Gasteiger partial charge in [0.25, 0.3) is 5.91 Å². The summed E-state index contributed by atoms with van der Waals surface area (Å²) in [5.74, 6) is 2.61. The van der Waals surface area contributed by atoms with Crippen LogP contribution in [0.1, 0.15) is 28.4 Å². The van der Waals surface area contributed by atoms with Gasteiger partial charge in [0.15, 0.2) is 0 Å². The highest BCUT2D eigenvalue weighted by molar-refractivity contribution is 9.10. The van der Waals surface area contributed by atoms with Gasteiger partial charge in [-0.15, -0.1) is 6.42 Å². The third-order valence-electron chi connectivity index (χ3n) is 4.15. The first-order chi connectivity index (χ1) is 10.5. The minimum absolute atomic E-state index is 0.0335. The van der Waals surface area contributed by atoms with E-state index in [9.17, 15) is 4.79 Å². The standard InChI is InChI=1S/C19H16BrNO/c1-3-14-9-15(11-17(20)10-14)18(22)21-12-19(2,13-21)16-7-5-4-6-8-16/h1,4-11H,12-13H2,2H3. The molecule has 0 saturated carbocycles. The van der Waals surface area contributed by atoms with Crippen molar-refractivity contribution in [2.24, 2.45) is 0 Å². The van der Waals surface area contributed by atoms with Gasteiger partial charge in [-0.1, -0.05) is 59.1 Å². The Morgan fingerprint density at radius 1 is 1.23 bits per heavy atom. The van der Waals surface area contributed by atoms with Gasteiger partial charge >= 0.3 is 0 Å². The number of amides is 1. The molecule has 0 atom stereocenters. The molecular formula is C19H16BrNO. The second kappa shape index (κ2) is 5.62. The summed E-state index contributed by atoms with van der Waals surface area (Å²) >= 11 is 3.40. The molecule has 1 fully saturated rings. The van der Waals surface area contributed by atoms with Gasteiger partial charge in [-0.2, -0.15) is 0 Å². The minimum Gasteiger partial charge on any atom is -0.337 e. The second-order valence-corrected chi connectivity index (χ2v) is 6.88. The molecule has 0 unspecified atom stereocenters. The first-order valence-corrected chi connectivity index (χ1v) is 7.93. The van der Waals surface area contributed by atoms with E-state index in [1.54, 1.807) is 6.07 Å². The largest absolute Gasteiger partial charge is 0.337 e. The third-order valence-corrected chi connectivity index (χ3v) is 4.61. The highest BCUT2D eigenvalue weighted by atomic mass is 79.9.